The van der Waals surface area contributed by atoms with Gasteiger partial charge in [-0.05, 0) is 25.7 Å². The Morgan fingerprint density at radius 3 is 2.95 bits per heavy atom. The number of nitrogens with zero attached hydrogens (tertiary/aromatic N) is 3. The Morgan fingerprint density at radius 2 is 2.24 bits per heavy atom. The second-order valence-corrected chi connectivity index (χ2v) is 6.05. The van der Waals surface area contributed by atoms with Crippen molar-refractivity contribution in [3.05, 3.63) is 17.7 Å². The van der Waals surface area contributed by atoms with Crippen LogP contribution in [-0.4, -0.2) is 71.6 Å². The number of ether oxygens (including phenoxy) is 1. The first-order valence-corrected chi connectivity index (χ1v) is 7.83. The first-order valence-electron chi connectivity index (χ1n) is 7.83. The van der Waals surface area contributed by atoms with E-state index in [1.165, 1.54) is 6.42 Å². The molecule has 0 bridgehead atoms. The second kappa shape index (κ2) is 6.58. The molecule has 6 heteroatoms. The highest BCUT2D eigenvalue weighted by Gasteiger charge is 2.27. The van der Waals surface area contributed by atoms with Gasteiger partial charge in [-0.1, -0.05) is 0 Å². The van der Waals surface area contributed by atoms with Crippen molar-refractivity contribution in [3.8, 4) is 0 Å². The van der Waals surface area contributed by atoms with Crippen molar-refractivity contribution in [2.75, 3.05) is 45.9 Å². The molecule has 2 fully saturated rings. The average Bonchev–Trinajstić information content (AvgIpc) is 2.94. The van der Waals surface area contributed by atoms with Crippen LogP contribution in [0.2, 0.25) is 0 Å². The molecule has 2 saturated heterocycles. The largest absolute Gasteiger partial charge is 0.379 e. The molecule has 1 aromatic rings. The molecule has 0 spiro atoms. The van der Waals surface area contributed by atoms with Crippen LogP contribution in [0.1, 0.15) is 29.2 Å². The SMILES string of the molecule is Cc1ncc(C(=O)N2CCC[C@H](CN3CCOCC3)C2)[nH]1. The van der Waals surface area contributed by atoms with Gasteiger partial charge >= 0.3 is 0 Å². The van der Waals surface area contributed by atoms with Crippen LogP contribution in [0, 0.1) is 12.8 Å². The van der Waals surface area contributed by atoms with E-state index in [-0.39, 0.29) is 5.91 Å². The van der Waals surface area contributed by atoms with Gasteiger partial charge in [-0.3, -0.25) is 9.69 Å². The molecule has 1 atom stereocenters. The minimum atomic E-state index is 0.0854. The molecule has 0 unspecified atom stereocenters. The fraction of sp³-hybridized carbons (Fsp3) is 0.733. The third-order valence-corrected chi connectivity index (χ3v) is 4.36. The number of hydrogen-bond donors (Lipinski definition) is 1. The number of nitrogens with one attached hydrogen (secondary N) is 1. The maximum Gasteiger partial charge on any atom is 0.271 e. The van der Waals surface area contributed by atoms with Gasteiger partial charge in [0.2, 0.25) is 0 Å². The first-order chi connectivity index (χ1) is 10.2. The molecule has 0 radical (unpaired) electrons. The van der Waals surface area contributed by atoms with E-state index >= 15 is 0 Å². The average molecular weight is 292 g/mol. The lowest BCUT2D eigenvalue weighted by Gasteiger charge is -2.36. The van der Waals surface area contributed by atoms with E-state index in [0.717, 1.165) is 58.2 Å². The van der Waals surface area contributed by atoms with Crippen molar-refractivity contribution in [1.29, 1.82) is 0 Å². The Labute approximate surface area is 125 Å². The summed E-state index contributed by atoms with van der Waals surface area (Å²) in [6.07, 6.45) is 3.94. The third kappa shape index (κ3) is 3.63. The first kappa shape index (κ1) is 14.5. The van der Waals surface area contributed by atoms with E-state index in [4.69, 9.17) is 4.74 Å². The Morgan fingerprint density at radius 1 is 1.43 bits per heavy atom. The number of aromatic amines is 1. The molecule has 116 valence electrons. The zero-order valence-corrected chi connectivity index (χ0v) is 12.7. The summed E-state index contributed by atoms with van der Waals surface area (Å²) >= 11 is 0. The molecule has 2 aliphatic rings. The number of amides is 1. The van der Waals surface area contributed by atoms with E-state index in [1.807, 2.05) is 11.8 Å². The van der Waals surface area contributed by atoms with Gasteiger partial charge in [-0.25, -0.2) is 4.98 Å². The molecule has 0 aromatic carbocycles. The smallest absolute Gasteiger partial charge is 0.271 e. The number of piperidine rings is 1. The lowest BCUT2D eigenvalue weighted by Crippen LogP contribution is -2.46. The molecule has 21 heavy (non-hydrogen) atoms. The summed E-state index contributed by atoms with van der Waals surface area (Å²) in [5.74, 6) is 1.45. The van der Waals surface area contributed by atoms with Gasteiger partial charge in [0, 0.05) is 32.7 Å². The number of hydrogen-bond acceptors (Lipinski definition) is 4. The third-order valence-electron chi connectivity index (χ3n) is 4.36. The normalized spacial score (nSPS) is 24.2. The Bertz CT molecular complexity index is 482. The van der Waals surface area contributed by atoms with Crippen molar-refractivity contribution in [2.24, 2.45) is 5.92 Å². The van der Waals surface area contributed by atoms with Crippen molar-refractivity contribution >= 4 is 5.91 Å². The molecular weight excluding hydrogens is 268 g/mol. The zero-order chi connectivity index (χ0) is 14.7. The van der Waals surface area contributed by atoms with Crippen LogP contribution < -0.4 is 0 Å². The Balaban J connectivity index is 1.56. The number of aryl methyl sites for hydroxylation is 1. The number of carbonyl (C=O) groups is 1. The van der Waals surface area contributed by atoms with Crippen LogP contribution in [0.4, 0.5) is 0 Å². The van der Waals surface area contributed by atoms with E-state index in [1.54, 1.807) is 6.20 Å². The molecule has 6 nitrogen and oxygen atoms in total. The monoisotopic (exact) mass is 292 g/mol. The van der Waals surface area contributed by atoms with Crippen LogP contribution in [0.3, 0.4) is 0 Å². The molecule has 3 heterocycles. The zero-order valence-electron chi connectivity index (χ0n) is 12.7. The predicted octanol–water partition coefficient (Wildman–Crippen LogP) is 0.903. The molecule has 1 aromatic heterocycles. The fourth-order valence-corrected chi connectivity index (χ4v) is 3.25. The van der Waals surface area contributed by atoms with E-state index in [9.17, 15) is 4.79 Å². The summed E-state index contributed by atoms with van der Waals surface area (Å²) in [6.45, 7) is 8.37. The minimum absolute atomic E-state index is 0.0854. The molecule has 0 saturated carbocycles. The summed E-state index contributed by atoms with van der Waals surface area (Å²) in [7, 11) is 0. The van der Waals surface area contributed by atoms with E-state index < -0.39 is 0 Å². The molecule has 0 aliphatic carbocycles. The molecular formula is C15H24N4O2. The standard InChI is InChI=1S/C15H24N4O2/c1-12-16-9-14(17-12)15(20)19-4-2-3-13(11-19)10-18-5-7-21-8-6-18/h9,13H,2-8,10-11H2,1H3,(H,16,17)/t13-/m1/s1. The summed E-state index contributed by atoms with van der Waals surface area (Å²) in [4.78, 5) is 24.1. The van der Waals surface area contributed by atoms with Gasteiger partial charge < -0.3 is 14.6 Å². The molecule has 1 amide bonds. The van der Waals surface area contributed by atoms with Gasteiger partial charge in [-0.15, -0.1) is 0 Å². The van der Waals surface area contributed by atoms with E-state index in [0.29, 0.717) is 11.6 Å². The Hall–Kier alpha value is -1.40. The van der Waals surface area contributed by atoms with Crippen LogP contribution in [0.15, 0.2) is 6.20 Å². The Kier molecular flexibility index (Phi) is 4.55. The van der Waals surface area contributed by atoms with Crippen molar-refractivity contribution in [3.63, 3.8) is 0 Å². The minimum Gasteiger partial charge on any atom is -0.379 e. The van der Waals surface area contributed by atoms with Crippen molar-refractivity contribution in [1.82, 2.24) is 19.8 Å². The predicted molar refractivity (Wildman–Crippen MR) is 79.2 cm³/mol. The quantitative estimate of drug-likeness (QED) is 0.899. The van der Waals surface area contributed by atoms with Crippen LogP contribution in [-0.2, 0) is 4.74 Å². The summed E-state index contributed by atoms with van der Waals surface area (Å²) in [6, 6.07) is 0. The number of rotatable bonds is 3. The highest BCUT2D eigenvalue weighted by molar-refractivity contribution is 5.92. The lowest BCUT2D eigenvalue weighted by atomic mass is 9.97. The summed E-state index contributed by atoms with van der Waals surface area (Å²) < 4.78 is 5.39. The van der Waals surface area contributed by atoms with Gasteiger partial charge in [0.15, 0.2) is 0 Å². The van der Waals surface area contributed by atoms with Crippen molar-refractivity contribution in [2.45, 2.75) is 19.8 Å². The maximum absolute atomic E-state index is 12.5. The fourth-order valence-electron chi connectivity index (χ4n) is 3.25. The maximum atomic E-state index is 12.5. The van der Waals surface area contributed by atoms with Crippen LogP contribution >= 0.6 is 0 Å². The summed E-state index contributed by atoms with van der Waals surface area (Å²) in [5, 5.41) is 0. The highest BCUT2D eigenvalue weighted by Crippen LogP contribution is 2.19. The van der Waals surface area contributed by atoms with Gasteiger partial charge in [-0.2, -0.15) is 0 Å². The van der Waals surface area contributed by atoms with Crippen molar-refractivity contribution < 1.29 is 9.53 Å². The molecule has 2 aliphatic heterocycles. The number of imidazole rings is 1. The highest BCUT2D eigenvalue weighted by atomic mass is 16.5. The number of H-pyrrole nitrogens is 1. The van der Waals surface area contributed by atoms with Crippen LogP contribution in [0.25, 0.3) is 0 Å². The van der Waals surface area contributed by atoms with Gasteiger partial charge in [0.1, 0.15) is 11.5 Å². The topological polar surface area (TPSA) is 61.5 Å². The lowest BCUT2D eigenvalue weighted by molar-refractivity contribution is 0.0223. The van der Waals surface area contributed by atoms with E-state index in [2.05, 4.69) is 14.9 Å². The number of morpholine rings is 1. The number of aromatic nitrogens is 2. The number of carbonyl (C=O) groups excluding carboxylic acids is 1. The second-order valence-electron chi connectivity index (χ2n) is 6.05. The number of likely N-dealkylation sites (tertiary alicyclic amines) is 1. The molecule has 1 N–H and O–H groups in total. The van der Waals surface area contributed by atoms with Gasteiger partial charge in [0.05, 0.1) is 19.4 Å². The van der Waals surface area contributed by atoms with Crippen LogP contribution in [0.5, 0.6) is 0 Å². The summed E-state index contributed by atoms with van der Waals surface area (Å²) in [5.41, 5.74) is 0.611. The van der Waals surface area contributed by atoms with Gasteiger partial charge in [0.25, 0.3) is 5.91 Å². The molecule has 3 rings (SSSR count).